The highest BCUT2D eigenvalue weighted by Crippen LogP contribution is 2.16. The first-order valence-corrected chi connectivity index (χ1v) is 6.40. The number of halogens is 1. The number of benzene rings is 1. The van der Waals surface area contributed by atoms with Gasteiger partial charge in [0.25, 0.3) is 11.6 Å². The lowest BCUT2D eigenvalue weighted by Crippen LogP contribution is -2.29. The van der Waals surface area contributed by atoms with Crippen LogP contribution in [0.1, 0.15) is 22.1 Å². The van der Waals surface area contributed by atoms with Gasteiger partial charge in [-0.25, -0.2) is 0 Å². The highest BCUT2D eigenvalue weighted by molar-refractivity contribution is 6.18. The van der Waals surface area contributed by atoms with Crippen LogP contribution in [-0.4, -0.2) is 21.7 Å². The SMILES string of the molecule is O=C(NC(CCl)c1ccccc1)c1cc([N+](=O)[O-])c[nH]1. The molecule has 0 aliphatic heterocycles. The lowest BCUT2D eigenvalue weighted by atomic mass is 10.1. The highest BCUT2D eigenvalue weighted by atomic mass is 35.5. The van der Waals surface area contributed by atoms with E-state index in [-0.39, 0.29) is 23.3 Å². The van der Waals surface area contributed by atoms with Crippen LogP contribution in [0, 0.1) is 10.1 Å². The van der Waals surface area contributed by atoms with E-state index >= 15 is 0 Å². The number of nitro groups is 1. The van der Waals surface area contributed by atoms with Crippen LogP contribution in [0.5, 0.6) is 0 Å². The Hall–Kier alpha value is -2.34. The van der Waals surface area contributed by atoms with Gasteiger partial charge in [-0.1, -0.05) is 30.3 Å². The molecule has 20 heavy (non-hydrogen) atoms. The number of alkyl halides is 1. The van der Waals surface area contributed by atoms with E-state index in [1.54, 1.807) is 0 Å². The lowest BCUT2D eigenvalue weighted by Gasteiger charge is -2.15. The van der Waals surface area contributed by atoms with Crippen LogP contribution >= 0.6 is 11.6 Å². The summed E-state index contributed by atoms with van der Waals surface area (Å²) in [4.78, 5) is 24.6. The summed E-state index contributed by atoms with van der Waals surface area (Å²) < 4.78 is 0. The van der Waals surface area contributed by atoms with E-state index in [1.165, 1.54) is 12.3 Å². The fourth-order valence-electron chi connectivity index (χ4n) is 1.75. The standard InChI is InChI=1S/C13H12ClN3O3/c14-7-12(9-4-2-1-3-5-9)16-13(18)11-6-10(8-15-11)17(19)20/h1-6,8,12,15H,7H2,(H,16,18). The van der Waals surface area contributed by atoms with Gasteiger partial charge in [0.2, 0.25) is 0 Å². The van der Waals surface area contributed by atoms with Gasteiger partial charge < -0.3 is 10.3 Å². The summed E-state index contributed by atoms with van der Waals surface area (Å²) >= 11 is 5.86. The molecule has 0 bridgehead atoms. The third kappa shape index (κ3) is 3.16. The molecule has 0 fully saturated rings. The maximum absolute atomic E-state index is 12.0. The minimum atomic E-state index is -0.566. The van der Waals surface area contributed by atoms with Gasteiger partial charge in [-0.05, 0) is 5.56 Å². The Morgan fingerprint density at radius 2 is 2.10 bits per heavy atom. The summed E-state index contributed by atoms with van der Waals surface area (Å²) in [6.45, 7) is 0. The zero-order chi connectivity index (χ0) is 14.5. The number of hydrogen-bond donors (Lipinski definition) is 2. The summed E-state index contributed by atoms with van der Waals surface area (Å²) in [6, 6.07) is 10.1. The third-order valence-corrected chi connectivity index (χ3v) is 3.09. The largest absolute Gasteiger partial charge is 0.351 e. The van der Waals surface area contributed by atoms with Gasteiger partial charge in [-0.2, -0.15) is 0 Å². The predicted octanol–water partition coefficient (Wildman–Crippen LogP) is 2.63. The van der Waals surface area contributed by atoms with E-state index in [9.17, 15) is 14.9 Å². The van der Waals surface area contributed by atoms with Crippen molar-refractivity contribution in [2.24, 2.45) is 0 Å². The van der Waals surface area contributed by atoms with Crippen LogP contribution in [0.4, 0.5) is 5.69 Å². The molecule has 1 atom stereocenters. The maximum atomic E-state index is 12.0. The van der Waals surface area contributed by atoms with Crippen LogP contribution in [0.3, 0.4) is 0 Å². The number of carbonyl (C=O) groups excluding carboxylic acids is 1. The van der Waals surface area contributed by atoms with Crippen molar-refractivity contribution in [3.63, 3.8) is 0 Å². The molecule has 0 spiro atoms. The summed E-state index contributed by atoms with van der Waals surface area (Å²) in [6.07, 6.45) is 1.17. The van der Waals surface area contributed by atoms with Crippen molar-refractivity contribution >= 4 is 23.2 Å². The highest BCUT2D eigenvalue weighted by Gasteiger charge is 2.18. The van der Waals surface area contributed by atoms with Crippen molar-refractivity contribution in [3.8, 4) is 0 Å². The molecule has 0 aliphatic carbocycles. The second-order valence-electron chi connectivity index (χ2n) is 4.12. The minimum Gasteiger partial charge on any atom is -0.351 e. The molecule has 104 valence electrons. The number of amides is 1. The summed E-state index contributed by atoms with van der Waals surface area (Å²) in [5.41, 5.74) is 0.844. The zero-order valence-corrected chi connectivity index (χ0v) is 11.1. The number of hydrogen-bond acceptors (Lipinski definition) is 3. The van der Waals surface area contributed by atoms with Crippen molar-refractivity contribution in [1.82, 2.24) is 10.3 Å². The number of nitrogens with zero attached hydrogens (tertiary/aromatic N) is 1. The number of H-pyrrole nitrogens is 1. The Morgan fingerprint density at radius 3 is 2.65 bits per heavy atom. The van der Waals surface area contributed by atoms with Crippen molar-refractivity contribution in [2.45, 2.75) is 6.04 Å². The first-order chi connectivity index (χ1) is 9.61. The molecule has 2 aromatic rings. The monoisotopic (exact) mass is 293 g/mol. The van der Waals surface area contributed by atoms with Crippen molar-refractivity contribution in [2.75, 3.05) is 5.88 Å². The summed E-state index contributed by atoms with van der Waals surface area (Å²) in [5.74, 6) is -0.231. The van der Waals surface area contributed by atoms with Gasteiger partial charge in [-0.15, -0.1) is 11.6 Å². The molecular weight excluding hydrogens is 282 g/mol. The van der Waals surface area contributed by atoms with Crippen molar-refractivity contribution in [1.29, 1.82) is 0 Å². The molecule has 1 aromatic heterocycles. The number of nitrogens with one attached hydrogen (secondary N) is 2. The van der Waals surface area contributed by atoms with Gasteiger partial charge in [0, 0.05) is 11.9 Å². The first kappa shape index (κ1) is 14.1. The van der Waals surface area contributed by atoms with E-state index in [0.717, 1.165) is 5.56 Å². The van der Waals surface area contributed by atoms with Crippen LogP contribution < -0.4 is 5.32 Å². The molecule has 2 rings (SSSR count). The second-order valence-corrected chi connectivity index (χ2v) is 4.43. The molecule has 0 saturated heterocycles. The van der Waals surface area contributed by atoms with Gasteiger partial charge in [-0.3, -0.25) is 14.9 Å². The molecule has 1 aromatic carbocycles. The van der Waals surface area contributed by atoms with Gasteiger partial charge in [0.05, 0.1) is 17.2 Å². The maximum Gasteiger partial charge on any atom is 0.287 e. The average Bonchev–Trinajstić information content (AvgIpc) is 2.95. The van der Waals surface area contributed by atoms with Crippen LogP contribution in [0.25, 0.3) is 0 Å². The Kier molecular flexibility index (Phi) is 4.37. The second kappa shape index (κ2) is 6.21. The minimum absolute atomic E-state index is 0.128. The molecule has 6 nitrogen and oxygen atoms in total. The fourth-order valence-corrected chi connectivity index (χ4v) is 2.01. The molecule has 0 aliphatic rings. The van der Waals surface area contributed by atoms with Crippen molar-refractivity contribution < 1.29 is 9.72 Å². The average molecular weight is 294 g/mol. The quantitative estimate of drug-likeness (QED) is 0.504. The van der Waals surface area contributed by atoms with Crippen LogP contribution in [0.2, 0.25) is 0 Å². The van der Waals surface area contributed by atoms with Gasteiger partial charge >= 0.3 is 0 Å². The normalized spacial score (nSPS) is 11.8. The summed E-state index contributed by atoms with van der Waals surface area (Å²) in [7, 11) is 0. The Morgan fingerprint density at radius 1 is 1.40 bits per heavy atom. The molecule has 1 unspecified atom stereocenters. The van der Waals surface area contributed by atoms with Crippen LogP contribution in [0.15, 0.2) is 42.6 Å². The number of carbonyl (C=O) groups is 1. The first-order valence-electron chi connectivity index (χ1n) is 5.86. The van der Waals surface area contributed by atoms with E-state index < -0.39 is 10.8 Å². The molecule has 0 radical (unpaired) electrons. The molecular formula is C13H12ClN3O3. The molecule has 2 N–H and O–H groups in total. The smallest absolute Gasteiger partial charge is 0.287 e. The predicted molar refractivity (Wildman–Crippen MR) is 74.8 cm³/mol. The Balaban J connectivity index is 2.11. The van der Waals surface area contributed by atoms with Gasteiger partial charge in [0.15, 0.2) is 0 Å². The number of aromatic amines is 1. The van der Waals surface area contributed by atoms with E-state index in [4.69, 9.17) is 11.6 Å². The summed E-state index contributed by atoms with van der Waals surface area (Å²) in [5, 5.41) is 13.3. The lowest BCUT2D eigenvalue weighted by molar-refractivity contribution is -0.384. The van der Waals surface area contributed by atoms with Crippen molar-refractivity contribution in [3.05, 3.63) is 64.0 Å². The number of aromatic nitrogens is 1. The van der Waals surface area contributed by atoms with E-state index in [0.29, 0.717) is 0 Å². The molecule has 1 heterocycles. The van der Waals surface area contributed by atoms with Gasteiger partial charge in [0.1, 0.15) is 5.69 Å². The molecule has 7 heteroatoms. The van der Waals surface area contributed by atoms with Crippen LogP contribution in [-0.2, 0) is 0 Å². The Bertz CT molecular complexity index is 612. The van der Waals surface area contributed by atoms with E-state index in [2.05, 4.69) is 10.3 Å². The fraction of sp³-hybridized carbons (Fsp3) is 0.154. The zero-order valence-electron chi connectivity index (χ0n) is 10.4. The molecule has 1 amide bonds. The third-order valence-electron chi connectivity index (χ3n) is 2.78. The molecule has 0 saturated carbocycles. The van der Waals surface area contributed by atoms with E-state index in [1.807, 2.05) is 30.3 Å². The number of rotatable bonds is 5. The topological polar surface area (TPSA) is 88.0 Å². The Labute approximate surface area is 119 Å².